The molecule has 2 rings (SSSR count). The van der Waals surface area contributed by atoms with E-state index in [1.807, 2.05) is 0 Å². The van der Waals surface area contributed by atoms with Crippen LogP contribution in [0.1, 0.15) is 51.4 Å². The molecule has 2 N–H and O–H groups in total. The highest BCUT2D eigenvalue weighted by molar-refractivity contribution is 5.85. The smallest absolute Gasteiger partial charge is 0.307 e. The Bertz CT molecular complexity index is 352. The number of amides is 1. The SMILES string of the molecule is O=C(O)C1CCCC1C(=O)N(CCO)C1CCCCC1. The average molecular weight is 283 g/mol. The standard InChI is InChI=1S/C15H25NO4/c17-10-9-16(11-5-2-1-3-6-11)14(18)12-7-4-8-13(12)15(19)20/h11-13,17H,1-10H2,(H,19,20). The lowest BCUT2D eigenvalue weighted by Gasteiger charge is -2.36. The van der Waals surface area contributed by atoms with E-state index in [1.54, 1.807) is 4.90 Å². The molecule has 2 aliphatic carbocycles. The molecule has 0 spiro atoms. The Morgan fingerprint density at radius 2 is 1.60 bits per heavy atom. The van der Waals surface area contributed by atoms with Gasteiger partial charge >= 0.3 is 5.97 Å². The number of aliphatic hydroxyl groups is 1. The number of carbonyl (C=O) groups is 2. The summed E-state index contributed by atoms with van der Waals surface area (Å²) in [5, 5.41) is 18.5. The van der Waals surface area contributed by atoms with Crippen LogP contribution in [-0.2, 0) is 9.59 Å². The van der Waals surface area contributed by atoms with Crippen LogP contribution in [-0.4, -0.2) is 46.2 Å². The first-order chi connectivity index (χ1) is 9.65. The van der Waals surface area contributed by atoms with Crippen molar-refractivity contribution in [1.82, 2.24) is 4.90 Å². The van der Waals surface area contributed by atoms with Gasteiger partial charge in [-0.25, -0.2) is 0 Å². The minimum absolute atomic E-state index is 0.0455. The summed E-state index contributed by atoms with van der Waals surface area (Å²) in [5.41, 5.74) is 0. The first kappa shape index (κ1) is 15.3. The number of carboxylic acids is 1. The largest absolute Gasteiger partial charge is 0.481 e. The highest BCUT2D eigenvalue weighted by Gasteiger charge is 2.41. The van der Waals surface area contributed by atoms with Crippen LogP contribution in [0.2, 0.25) is 0 Å². The number of carbonyl (C=O) groups excluding carboxylic acids is 1. The molecule has 5 nitrogen and oxygen atoms in total. The minimum Gasteiger partial charge on any atom is -0.481 e. The molecule has 0 saturated heterocycles. The summed E-state index contributed by atoms with van der Waals surface area (Å²) >= 11 is 0. The van der Waals surface area contributed by atoms with Crippen molar-refractivity contribution in [3.63, 3.8) is 0 Å². The number of rotatable bonds is 5. The van der Waals surface area contributed by atoms with Crippen molar-refractivity contribution in [2.45, 2.75) is 57.4 Å². The fraction of sp³-hybridized carbons (Fsp3) is 0.867. The zero-order valence-electron chi connectivity index (χ0n) is 12.0. The zero-order chi connectivity index (χ0) is 14.5. The molecule has 2 fully saturated rings. The second kappa shape index (κ2) is 7.07. The van der Waals surface area contributed by atoms with E-state index in [4.69, 9.17) is 0 Å². The van der Waals surface area contributed by atoms with Crippen LogP contribution in [0.3, 0.4) is 0 Å². The van der Waals surface area contributed by atoms with Gasteiger partial charge in [0, 0.05) is 12.6 Å². The molecule has 114 valence electrons. The van der Waals surface area contributed by atoms with Crippen LogP contribution in [0.25, 0.3) is 0 Å². The van der Waals surface area contributed by atoms with E-state index in [0.29, 0.717) is 19.4 Å². The molecule has 0 radical (unpaired) electrons. The normalized spacial score (nSPS) is 27.4. The number of carboxylic acid groups (broad SMARTS) is 1. The second-order valence-corrected chi connectivity index (χ2v) is 6.03. The van der Waals surface area contributed by atoms with Gasteiger partial charge in [0.1, 0.15) is 0 Å². The van der Waals surface area contributed by atoms with E-state index in [-0.39, 0.29) is 24.5 Å². The number of hydrogen-bond acceptors (Lipinski definition) is 3. The molecule has 2 aliphatic rings. The predicted molar refractivity (Wildman–Crippen MR) is 74.1 cm³/mol. The van der Waals surface area contributed by atoms with Gasteiger partial charge in [0.05, 0.1) is 18.4 Å². The topological polar surface area (TPSA) is 77.8 Å². The Kier molecular flexibility index (Phi) is 5.40. The molecule has 1 amide bonds. The number of aliphatic carboxylic acids is 1. The quantitative estimate of drug-likeness (QED) is 0.804. The zero-order valence-corrected chi connectivity index (χ0v) is 12.0. The van der Waals surface area contributed by atoms with E-state index >= 15 is 0 Å². The first-order valence-corrected chi connectivity index (χ1v) is 7.79. The third-order valence-electron chi connectivity index (χ3n) is 4.79. The van der Waals surface area contributed by atoms with Crippen molar-refractivity contribution in [2.75, 3.05) is 13.2 Å². The molecule has 5 heteroatoms. The van der Waals surface area contributed by atoms with Crippen LogP contribution in [0, 0.1) is 11.8 Å². The van der Waals surface area contributed by atoms with Crippen molar-refractivity contribution in [2.24, 2.45) is 11.8 Å². The highest BCUT2D eigenvalue weighted by atomic mass is 16.4. The van der Waals surface area contributed by atoms with Gasteiger partial charge < -0.3 is 15.1 Å². The molecule has 0 aromatic heterocycles. The lowest BCUT2D eigenvalue weighted by atomic mass is 9.90. The first-order valence-electron chi connectivity index (χ1n) is 7.79. The Labute approximate surface area is 120 Å². The molecule has 0 aliphatic heterocycles. The monoisotopic (exact) mass is 283 g/mol. The maximum absolute atomic E-state index is 12.7. The summed E-state index contributed by atoms with van der Waals surface area (Å²) in [4.78, 5) is 25.7. The summed E-state index contributed by atoms with van der Waals surface area (Å²) in [6.45, 7) is 0.291. The van der Waals surface area contributed by atoms with Gasteiger partial charge in [-0.2, -0.15) is 0 Å². The Balaban J connectivity index is 2.07. The molecule has 0 aromatic rings. The fourth-order valence-corrected chi connectivity index (χ4v) is 3.74. The summed E-state index contributed by atoms with van der Waals surface area (Å²) in [5.74, 6) is -1.82. The Morgan fingerprint density at radius 1 is 0.950 bits per heavy atom. The van der Waals surface area contributed by atoms with Gasteiger partial charge in [-0.05, 0) is 25.7 Å². The van der Waals surface area contributed by atoms with Crippen molar-refractivity contribution >= 4 is 11.9 Å². The second-order valence-electron chi connectivity index (χ2n) is 6.03. The molecular weight excluding hydrogens is 258 g/mol. The molecule has 2 unspecified atom stereocenters. The molecule has 2 saturated carbocycles. The van der Waals surface area contributed by atoms with Crippen molar-refractivity contribution < 1.29 is 19.8 Å². The third-order valence-corrected chi connectivity index (χ3v) is 4.79. The van der Waals surface area contributed by atoms with Crippen molar-refractivity contribution in [3.8, 4) is 0 Å². The van der Waals surface area contributed by atoms with E-state index in [2.05, 4.69) is 0 Å². The summed E-state index contributed by atoms with van der Waals surface area (Å²) in [6.07, 6.45) is 7.49. The van der Waals surface area contributed by atoms with E-state index < -0.39 is 11.9 Å². The Hall–Kier alpha value is -1.10. The molecular formula is C15H25NO4. The molecule has 0 heterocycles. The lowest BCUT2D eigenvalue weighted by molar-refractivity contribution is -0.150. The van der Waals surface area contributed by atoms with Gasteiger partial charge in [0.25, 0.3) is 0 Å². The fourth-order valence-electron chi connectivity index (χ4n) is 3.74. The van der Waals surface area contributed by atoms with E-state index in [0.717, 1.165) is 32.1 Å². The average Bonchev–Trinajstić information content (AvgIpc) is 2.94. The summed E-state index contributed by atoms with van der Waals surface area (Å²) < 4.78 is 0. The predicted octanol–water partition coefficient (Wildman–Crippen LogP) is 1.64. The van der Waals surface area contributed by atoms with E-state index in [1.165, 1.54) is 6.42 Å². The van der Waals surface area contributed by atoms with Gasteiger partial charge in [0.15, 0.2) is 0 Å². The number of hydrogen-bond donors (Lipinski definition) is 2. The lowest BCUT2D eigenvalue weighted by Crippen LogP contribution is -2.47. The molecule has 2 atom stereocenters. The van der Waals surface area contributed by atoms with Crippen LogP contribution in [0.4, 0.5) is 0 Å². The van der Waals surface area contributed by atoms with Gasteiger partial charge in [0.2, 0.25) is 5.91 Å². The minimum atomic E-state index is -0.853. The summed E-state index contributed by atoms with van der Waals surface area (Å²) in [7, 11) is 0. The molecule has 0 bridgehead atoms. The summed E-state index contributed by atoms with van der Waals surface area (Å²) in [6, 6.07) is 0.193. The maximum Gasteiger partial charge on any atom is 0.307 e. The maximum atomic E-state index is 12.7. The number of aliphatic hydroxyl groups excluding tert-OH is 1. The number of nitrogens with zero attached hydrogens (tertiary/aromatic N) is 1. The van der Waals surface area contributed by atoms with Gasteiger partial charge in [-0.15, -0.1) is 0 Å². The van der Waals surface area contributed by atoms with Crippen LogP contribution >= 0.6 is 0 Å². The van der Waals surface area contributed by atoms with Crippen molar-refractivity contribution in [1.29, 1.82) is 0 Å². The van der Waals surface area contributed by atoms with Crippen LogP contribution in [0.15, 0.2) is 0 Å². The van der Waals surface area contributed by atoms with Crippen molar-refractivity contribution in [3.05, 3.63) is 0 Å². The van der Waals surface area contributed by atoms with Gasteiger partial charge in [-0.3, -0.25) is 9.59 Å². The molecule has 20 heavy (non-hydrogen) atoms. The van der Waals surface area contributed by atoms with Crippen LogP contribution in [0.5, 0.6) is 0 Å². The molecule has 0 aromatic carbocycles. The van der Waals surface area contributed by atoms with Gasteiger partial charge in [-0.1, -0.05) is 25.7 Å². The highest BCUT2D eigenvalue weighted by Crippen LogP contribution is 2.35. The van der Waals surface area contributed by atoms with E-state index in [9.17, 15) is 19.8 Å². The van der Waals surface area contributed by atoms with Crippen LogP contribution < -0.4 is 0 Å². The third kappa shape index (κ3) is 3.32. The Morgan fingerprint density at radius 3 is 2.20 bits per heavy atom.